The van der Waals surface area contributed by atoms with Crippen LogP contribution in [0.3, 0.4) is 0 Å². The van der Waals surface area contributed by atoms with Crippen LogP contribution in [0.15, 0.2) is 46.9 Å². The fourth-order valence-corrected chi connectivity index (χ4v) is 3.81. The molecule has 0 atom stereocenters. The number of nitrogens with one attached hydrogen (secondary N) is 1. The second-order valence-corrected chi connectivity index (χ2v) is 7.67. The molecule has 1 aliphatic rings. The van der Waals surface area contributed by atoms with E-state index in [4.69, 9.17) is 16.3 Å². The first-order valence-electron chi connectivity index (χ1n) is 9.01. The zero-order chi connectivity index (χ0) is 19.2. The van der Waals surface area contributed by atoms with Crippen LogP contribution in [0.4, 0.5) is 11.4 Å². The van der Waals surface area contributed by atoms with Crippen LogP contribution in [0, 0.1) is 0 Å². The van der Waals surface area contributed by atoms with Crippen molar-refractivity contribution in [2.45, 2.75) is 6.92 Å². The van der Waals surface area contributed by atoms with Gasteiger partial charge in [-0.25, -0.2) is 0 Å². The Labute approximate surface area is 173 Å². The lowest BCUT2D eigenvalue weighted by Crippen LogP contribution is -2.46. The van der Waals surface area contributed by atoms with Gasteiger partial charge in [-0.3, -0.25) is 4.79 Å². The van der Waals surface area contributed by atoms with E-state index in [1.165, 1.54) is 0 Å². The van der Waals surface area contributed by atoms with E-state index < -0.39 is 0 Å². The molecule has 0 bridgehead atoms. The van der Waals surface area contributed by atoms with Crippen LogP contribution in [0.25, 0.3) is 0 Å². The molecule has 144 valence electrons. The maximum absolute atomic E-state index is 12.4. The highest BCUT2D eigenvalue weighted by atomic mass is 79.9. The number of hydrogen-bond donors (Lipinski definition) is 1. The highest BCUT2D eigenvalue weighted by Gasteiger charge is 2.19. The molecule has 0 unspecified atom stereocenters. The van der Waals surface area contributed by atoms with Crippen LogP contribution in [0.5, 0.6) is 5.75 Å². The normalized spacial score (nSPS) is 14.9. The van der Waals surface area contributed by atoms with Crippen LogP contribution >= 0.6 is 27.5 Å². The van der Waals surface area contributed by atoms with E-state index in [-0.39, 0.29) is 12.5 Å². The molecule has 1 N–H and O–H groups in total. The molecule has 0 radical (unpaired) electrons. The number of carbonyl (C=O) groups is 1. The van der Waals surface area contributed by atoms with Crippen LogP contribution < -0.4 is 15.0 Å². The van der Waals surface area contributed by atoms with Gasteiger partial charge in [-0.05, 0) is 36.9 Å². The molecule has 27 heavy (non-hydrogen) atoms. The number of halogens is 2. The first-order chi connectivity index (χ1) is 13.1. The van der Waals surface area contributed by atoms with Crippen molar-refractivity contribution in [1.29, 1.82) is 0 Å². The monoisotopic (exact) mass is 451 g/mol. The van der Waals surface area contributed by atoms with E-state index >= 15 is 0 Å². The summed E-state index contributed by atoms with van der Waals surface area (Å²) >= 11 is 9.47. The number of piperazine rings is 1. The Bertz CT molecular complexity index is 795. The lowest BCUT2D eigenvalue weighted by molar-refractivity contribution is -0.118. The van der Waals surface area contributed by atoms with Crippen molar-refractivity contribution in [2.75, 3.05) is 49.5 Å². The molecule has 0 aromatic heterocycles. The standard InChI is InChI=1S/C20H23BrClN3O2/c1-2-24-9-11-25(12-10-24)18-6-4-3-5-17(18)23-20(26)14-27-19-8-7-15(21)13-16(19)22/h3-8,13H,2,9-12,14H2,1H3,(H,23,26). The lowest BCUT2D eigenvalue weighted by atomic mass is 10.2. The van der Waals surface area contributed by atoms with Crippen LogP contribution in [0.1, 0.15) is 6.92 Å². The first kappa shape index (κ1) is 20.0. The summed E-state index contributed by atoms with van der Waals surface area (Å²) in [5.41, 5.74) is 1.85. The number of benzene rings is 2. The van der Waals surface area contributed by atoms with Gasteiger partial charge in [0.1, 0.15) is 5.75 Å². The number of amides is 1. The first-order valence-corrected chi connectivity index (χ1v) is 10.2. The van der Waals surface area contributed by atoms with Gasteiger partial charge < -0.3 is 19.9 Å². The van der Waals surface area contributed by atoms with Crippen molar-refractivity contribution >= 4 is 44.8 Å². The van der Waals surface area contributed by atoms with Crippen molar-refractivity contribution in [3.63, 3.8) is 0 Å². The molecule has 2 aromatic rings. The average Bonchev–Trinajstić information content (AvgIpc) is 2.68. The van der Waals surface area contributed by atoms with Crippen molar-refractivity contribution in [1.82, 2.24) is 4.90 Å². The molecule has 1 heterocycles. The van der Waals surface area contributed by atoms with E-state index in [2.05, 4.69) is 38.0 Å². The van der Waals surface area contributed by atoms with Gasteiger partial charge in [0.05, 0.1) is 16.4 Å². The van der Waals surface area contributed by atoms with Gasteiger partial charge >= 0.3 is 0 Å². The van der Waals surface area contributed by atoms with Gasteiger partial charge in [0.2, 0.25) is 0 Å². The molecule has 1 saturated heterocycles. The number of rotatable bonds is 6. The van der Waals surface area contributed by atoms with Gasteiger partial charge in [-0.1, -0.05) is 46.6 Å². The van der Waals surface area contributed by atoms with Crippen LogP contribution in [0.2, 0.25) is 5.02 Å². The summed E-state index contributed by atoms with van der Waals surface area (Å²) in [5.74, 6) is 0.271. The summed E-state index contributed by atoms with van der Waals surface area (Å²) in [6, 6.07) is 13.2. The number of hydrogen-bond acceptors (Lipinski definition) is 4. The zero-order valence-electron chi connectivity index (χ0n) is 15.3. The molecule has 0 aliphatic carbocycles. The summed E-state index contributed by atoms with van der Waals surface area (Å²) in [5, 5.41) is 3.43. The summed E-state index contributed by atoms with van der Waals surface area (Å²) < 4.78 is 6.42. The molecular weight excluding hydrogens is 430 g/mol. The van der Waals surface area contributed by atoms with E-state index in [1.54, 1.807) is 12.1 Å². The Hall–Kier alpha value is -1.76. The summed E-state index contributed by atoms with van der Waals surface area (Å²) in [6.07, 6.45) is 0. The van der Waals surface area contributed by atoms with Crippen molar-refractivity contribution in [3.05, 3.63) is 52.0 Å². The minimum Gasteiger partial charge on any atom is -0.482 e. The second-order valence-electron chi connectivity index (χ2n) is 6.35. The topological polar surface area (TPSA) is 44.8 Å². The van der Waals surface area contributed by atoms with Crippen LogP contribution in [-0.2, 0) is 4.79 Å². The van der Waals surface area contributed by atoms with Gasteiger partial charge in [-0.15, -0.1) is 0 Å². The van der Waals surface area contributed by atoms with E-state index in [9.17, 15) is 4.79 Å². The molecule has 3 rings (SSSR count). The van der Waals surface area contributed by atoms with E-state index in [1.807, 2.05) is 30.3 Å². The molecule has 2 aromatic carbocycles. The van der Waals surface area contributed by atoms with E-state index in [0.29, 0.717) is 10.8 Å². The molecule has 1 fully saturated rings. The predicted molar refractivity (Wildman–Crippen MR) is 114 cm³/mol. The number of nitrogens with zero attached hydrogens (tertiary/aromatic N) is 2. The molecule has 5 nitrogen and oxygen atoms in total. The third kappa shape index (κ3) is 5.37. The Morgan fingerprint density at radius 2 is 1.93 bits per heavy atom. The fourth-order valence-electron chi connectivity index (χ4n) is 3.08. The summed E-state index contributed by atoms with van der Waals surface area (Å²) in [6.45, 7) is 7.12. The Balaban J connectivity index is 1.61. The second kappa shape index (κ2) is 9.44. The van der Waals surface area contributed by atoms with Crippen molar-refractivity contribution in [3.8, 4) is 5.75 Å². The lowest BCUT2D eigenvalue weighted by Gasteiger charge is -2.36. The molecule has 7 heteroatoms. The number of ether oxygens (including phenoxy) is 1. The number of carbonyl (C=O) groups excluding carboxylic acids is 1. The molecule has 0 saturated carbocycles. The van der Waals surface area contributed by atoms with Gasteiger partial charge in [0, 0.05) is 30.7 Å². The fraction of sp³-hybridized carbons (Fsp3) is 0.350. The van der Waals surface area contributed by atoms with Gasteiger partial charge in [0.25, 0.3) is 5.91 Å². The minimum atomic E-state index is -0.214. The highest BCUT2D eigenvalue weighted by Crippen LogP contribution is 2.29. The average molecular weight is 453 g/mol. The Kier molecular flexibility index (Phi) is 6.99. The van der Waals surface area contributed by atoms with Crippen molar-refractivity contribution in [2.24, 2.45) is 0 Å². The van der Waals surface area contributed by atoms with Crippen molar-refractivity contribution < 1.29 is 9.53 Å². The zero-order valence-corrected chi connectivity index (χ0v) is 17.6. The number of para-hydroxylation sites is 2. The maximum Gasteiger partial charge on any atom is 0.262 e. The van der Waals surface area contributed by atoms with Crippen LogP contribution in [-0.4, -0.2) is 50.1 Å². The van der Waals surface area contributed by atoms with E-state index in [0.717, 1.165) is 48.6 Å². The molecule has 1 aliphatic heterocycles. The molecule has 0 spiro atoms. The smallest absolute Gasteiger partial charge is 0.262 e. The summed E-state index contributed by atoms with van der Waals surface area (Å²) in [7, 11) is 0. The molecule has 1 amide bonds. The Morgan fingerprint density at radius 3 is 2.63 bits per heavy atom. The quantitative estimate of drug-likeness (QED) is 0.711. The summed E-state index contributed by atoms with van der Waals surface area (Å²) in [4.78, 5) is 17.1. The SMILES string of the molecule is CCN1CCN(c2ccccc2NC(=O)COc2ccc(Br)cc2Cl)CC1. The predicted octanol–water partition coefficient (Wildman–Crippen LogP) is 4.26. The number of likely N-dealkylation sites (N-methyl/N-ethyl adjacent to an activating group) is 1. The molecular formula is C20H23BrClN3O2. The minimum absolute atomic E-state index is 0.0979. The van der Waals surface area contributed by atoms with Gasteiger partial charge in [-0.2, -0.15) is 0 Å². The highest BCUT2D eigenvalue weighted by molar-refractivity contribution is 9.10. The largest absolute Gasteiger partial charge is 0.482 e. The third-order valence-electron chi connectivity index (χ3n) is 4.59. The van der Waals surface area contributed by atoms with Gasteiger partial charge in [0.15, 0.2) is 6.61 Å². The number of anilines is 2. The maximum atomic E-state index is 12.4. The third-order valence-corrected chi connectivity index (χ3v) is 5.38. The Morgan fingerprint density at radius 1 is 1.19 bits per heavy atom.